The van der Waals surface area contributed by atoms with Crippen molar-refractivity contribution < 1.29 is 10.2 Å². The van der Waals surface area contributed by atoms with Crippen LogP contribution in [0, 0.1) is 0 Å². The van der Waals surface area contributed by atoms with Gasteiger partial charge in [0, 0.05) is 6.54 Å². The fraction of sp³-hybridized carbons (Fsp3) is 0.667. The van der Waals surface area contributed by atoms with Gasteiger partial charge in [-0.15, -0.1) is 0 Å². The molecule has 1 heterocycles. The van der Waals surface area contributed by atoms with Crippen LogP contribution in [0.4, 0.5) is 5.69 Å². The van der Waals surface area contributed by atoms with Gasteiger partial charge in [0.15, 0.2) is 0 Å². The highest BCUT2D eigenvalue weighted by molar-refractivity contribution is 6.32. The molecule has 0 radical (unpaired) electrons. The molecule has 1 rings (SSSR count). The van der Waals surface area contributed by atoms with Crippen LogP contribution >= 0.6 is 11.6 Å². The largest absolute Gasteiger partial charge is 0.394 e. The predicted octanol–water partition coefficient (Wildman–Crippen LogP) is 0.852. The van der Waals surface area contributed by atoms with Crippen molar-refractivity contribution in [1.29, 1.82) is 0 Å². The van der Waals surface area contributed by atoms with E-state index in [2.05, 4.69) is 10.4 Å². The van der Waals surface area contributed by atoms with Crippen molar-refractivity contribution in [2.24, 2.45) is 0 Å². The van der Waals surface area contributed by atoms with Gasteiger partial charge in [-0.05, 0) is 13.3 Å². The lowest BCUT2D eigenvalue weighted by molar-refractivity contribution is 0.0637. The molecule has 0 saturated carbocycles. The van der Waals surface area contributed by atoms with Crippen molar-refractivity contribution >= 4 is 17.3 Å². The van der Waals surface area contributed by atoms with E-state index >= 15 is 0 Å². The number of nitrogens with one attached hydrogen (secondary N) is 1. The molecule has 19 heavy (non-hydrogen) atoms. The highest BCUT2D eigenvalue weighted by atomic mass is 35.5. The lowest BCUT2D eigenvalue weighted by Crippen LogP contribution is -2.34. The third-order valence-electron chi connectivity index (χ3n) is 2.74. The Labute approximate surface area is 117 Å². The third-order valence-corrected chi connectivity index (χ3v) is 3.11. The summed E-state index contributed by atoms with van der Waals surface area (Å²) >= 11 is 5.94. The Kier molecular flexibility index (Phi) is 5.78. The van der Waals surface area contributed by atoms with Gasteiger partial charge in [0.1, 0.15) is 5.02 Å². The fourth-order valence-corrected chi connectivity index (χ4v) is 1.97. The summed E-state index contributed by atoms with van der Waals surface area (Å²) in [5.74, 6) is 0. The summed E-state index contributed by atoms with van der Waals surface area (Å²) in [6, 6.07) is 0. The van der Waals surface area contributed by atoms with Crippen molar-refractivity contribution in [3.63, 3.8) is 0 Å². The summed E-state index contributed by atoms with van der Waals surface area (Å²) in [6.45, 7) is 3.91. The summed E-state index contributed by atoms with van der Waals surface area (Å²) in [5, 5.41) is 25.6. The first-order valence-corrected chi connectivity index (χ1v) is 6.62. The molecular weight excluding hydrogens is 270 g/mol. The molecule has 0 saturated heterocycles. The zero-order chi connectivity index (χ0) is 14.5. The van der Waals surface area contributed by atoms with E-state index in [4.69, 9.17) is 16.7 Å². The molecule has 0 bridgehead atoms. The quantitative estimate of drug-likeness (QED) is 0.693. The SMILES string of the molecule is CCCC(C)(O)CNc1cnn(CCO)c(=O)c1Cl. The van der Waals surface area contributed by atoms with E-state index in [-0.39, 0.29) is 24.7 Å². The van der Waals surface area contributed by atoms with Crippen molar-refractivity contribution in [3.05, 3.63) is 21.6 Å². The van der Waals surface area contributed by atoms with E-state index in [1.807, 2.05) is 6.92 Å². The van der Waals surface area contributed by atoms with E-state index in [1.165, 1.54) is 6.20 Å². The molecule has 6 nitrogen and oxygen atoms in total. The second-order valence-corrected chi connectivity index (χ2v) is 5.10. The smallest absolute Gasteiger partial charge is 0.287 e. The Morgan fingerprint density at radius 1 is 1.58 bits per heavy atom. The average Bonchev–Trinajstić information content (AvgIpc) is 2.34. The van der Waals surface area contributed by atoms with E-state index < -0.39 is 11.2 Å². The number of aliphatic hydroxyl groups excluding tert-OH is 1. The minimum atomic E-state index is -0.863. The molecular formula is C12H20ClN3O3. The van der Waals surface area contributed by atoms with Gasteiger partial charge in [0.2, 0.25) is 0 Å². The molecule has 0 aliphatic heterocycles. The summed E-state index contributed by atoms with van der Waals surface area (Å²) in [6.07, 6.45) is 2.92. The van der Waals surface area contributed by atoms with Crippen LogP contribution < -0.4 is 10.9 Å². The molecule has 0 aromatic carbocycles. The molecule has 0 amide bonds. The third kappa shape index (κ3) is 4.49. The van der Waals surface area contributed by atoms with E-state index in [0.29, 0.717) is 12.1 Å². The highest BCUT2D eigenvalue weighted by Crippen LogP contribution is 2.18. The van der Waals surface area contributed by atoms with E-state index in [1.54, 1.807) is 6.92 Å². The van der Waals surface area contributed by atoms with Crippen LogP contribution in [0.1, 0.15) is 26.7 Å². The Morgan fingerprint density at radius 3 is 2.84 bits per heavy atom. The standard InChI is InChI=1S/C12H20ClN3O3/c1-3-4-12(2,19)8-14-9-7-15-16(5-6-17)11(18)10(9)13/h7,14,17,19H,3-6,8H2,1-2H3. The Bertz CT molecular complexity index is 474. The van der Waals surface area contributed by atoms with Gasteiger partial charge in [0.25, 0.3) is 5.56 Å². The summed E-state index contributed by atoms with van der Waals surface area (Å²) in [5.41, 5.74) is -0.939. The lowest BCUT2D eigenvalue weighted by Gasteiger charge is -2.23. The molecule has 1 aromatic rings. The summed E-state index contributed by atoms with van der Waals surface area (Å²) in [4.78, 5) is 11.8. The minimum Gasteiger partial charge on any atom is -0.394 e. The number of hydrogen-bond acceptors (Lipinski definition) is 5. The molecule has 1 unspecified atom stereocenters. The molecule has 7 heteroatoms. The first kappa shape index (κ1) is 15.9. The second-order valence-electron chi connectivity index (χ2n) is 4.72. The Hall–Kier alpha value is -1.11. The molecule has 0 aliphatic rings. The number of aliphatic hydroxyl groups is 2. The Balaban J connectivity index is 2.81. The summed E-state index contributed by atoms with van der Waals surface area (Å²) < 4.78 is 1.09. The zero-order valence-electron chi connectivity index (χ0n) is 11.2. The summed E-state index contributed by atoms with van der Waals surface area (Å²) in [7, 11) is 0. The number of halogens is 1. The molecule has 0 fully saturated rings. The average molecular weight is 290 g/mol. The maximum absolute atomic E-state index is 11.8. The van der Waals surface area contributed by atoms with Gasteiger partial charge in [-0.3, -0.25) is 4.79 Å². The Morgan fingerprint density at radius 2 is 2.26 bits per heavy atom. The van der Waals surface area contributed by atoms with Crippen LogP contribution in [0.15, 0.2) is 11.0 Å². The molecule has 1 atom stereocenters. The van der Waals surface area contributed by atoms with Gasteiger partial charge in [-0.25, -0.2) is 4.68 Å². The number of hydrogen-bond donors (Lipinski definition) is 3. The van der Waals surface area contributed by atoms with E-state index in [0.717, 1.165) is 11.1 Å². The molecule has 108 valence electrons. The van der Waals surface area contributed by atoms with Gasteiger partial charge in [0.05, 0.1) is 30.6 Å². The maximum Gasteiger partial charge on any atom is 0.287 e. The van der Waals surface area contributed by atoms with Crippen LogP contribution in [0.25, 0.3) is 0 Å². The van der Waals surface area contributed by atoms with Gasteiger partial charge < -0.3 is 15.5 Å². The zero-order valence-corrected chi connectivity index (χ0v) is 11.9. The highest BCUT2D eigenvalue weighted by Gasteiger charge is 2.19. The van der Waals surface area contributed by atoms with Gasteiger partial charge in [-0.2, -0.15) is 5.10 Å². The second kappa shape index (κ2) is 6.88. The van der Waals surface area contributed by atoms with Crippen molar-refractivity contribution in [2.45, 2.75) is 38.8 Å². The monoisotopic (exact) mass is 289 g/mol. The number of aromatic nitrogens is 2. The fourth-order valence-electron chi connectivity index (χ4n) is 1.75. The van der Waals surface area contributed by atoms with Crippen LogP contribution in [-0.4, -0.2) is 38.7 Å². The molecule has 1 aromatic heterocycles. The van der Waals surface area contributed by atoms with Crippen LogP contribution in [0.2, 0.25) is 5.02 Å². The number of nitrogens with zero attached hydrogens (tertiary/aromatic N) is 2. The maximum atomic E-state index is 11.8. The van der Waals surface area contributed by atoms with Crippen molar-refractivity contribution in [2.75, 3.05) is 18.5 Å². The number of rotatable bonds is 7. The topological polar surface area (TPSA) is 87.4 Å². The number of anilines is 1. The molecule has 0 aliphatic carbocycles. The normalized spacial score (nSPS) is 14.2. The minimum absolute atomic E-state index is 0.00995. The first-order valence-electron chi connectivity index (χ1n) is 6.24. The van der Waals surface area contributed by atoms with Gasteiger partial charge in [-0.1, -0.05) is 24.9 Å². The van der Waals surface area contributed by atoms with Crippen LogP contribution in [0.5, 0.6) is 0 Å². The van der Waals surface area contributed by atoms with Crippen molar-refractivity contribution in [3.8, 4) is 0 Å². The van der Waals surface area contributed by atoms with Gasteiger partial charge >= 0.3 is 0 Å². The van der Waals surface area contributed by atoms with Crippen LogP contribution in [0.3, 0.4) is 0 Å². The van der Waals surface area contributed by atoms with E-state index in [9.17, 15) is 9.90 Å². The van der Waals surface area contributed by atoms with Crippen molar-refractivity contribution in [1.82, 2.24) is 9.78 Å². The predicted molar refractivity (Wildman–Crippen MR) is 74.6 cm³/mol. The lowest BCUT2D eigenvalue weighted by atomic mass is 10.0. The molecule has 0 spiro atoms. The first-order chi connectivity index (χ1) is 8.91. The molecule has 3 N–H and O–H groups in total. The van der Waals surface area contributed by atoms with Crippen LogP contribution in [-0.2, 0) is 6.54 Å².